The van der Waals surface area contributed by atoms with Crippen LogP contribution in [0.3, 0.4) is 0 Å². The van der Waals surface area contributed by atoms with Gasteiger partial charge in [0.1, 0.15) is 6.33 Å². The van der Waals surface area contributed by atoms with Gasteiger partial charge in [0, 0.05) is 28.5 Å². The van der Waals surface area contributed by atoms with Crippen LogP contribution in [-0.2, 0) is 0 Å². The molecule has 4 nitrogen and oxygen atoms in total. The molecule has 0 saturated carbocycles. The molecular weight excluding hydrogens is 300 g/mol. The van der Waals surface area contributed by atoms with Crippen molar-refractivity contribution in [2.24, 2.45) is 0 Å². The fourth-order valence-corrected chi connectivity index (χ4v) is 2.40. The van der Waals surface area contributed by atoms with Crippen LogP contribution in [0.5, 0.6) is 0 Å². The zero-order chi connectivity index (χ0) is 15.5. The van der Waals surface area contributed by atoms with Gasteiger partial charge >= 0.3 is 5.97 Å². The predicted molar refractivity (Wildman–Crippen MR) is 84.9 cm³/mol. The molecule has 3 rings (SSSR count). The lowest BCUT2D eigenvalue weighted by Gasteiger charge is -2.07. The SMILES string of the molecule is O=C(O)c1ccc(Cl)c(-c2ccc(-c3cncnc3)cc2)c1. The maximum atomic E-state index is 11.1. The van der Waals surface area contributed by atoms with Crippen molar-refractivity contribution < 1.29 is 9.90 Å². The number of carboxylic acids is 1. The van der Waals surface area contributed by atoms with Crippen LogP contribution >= 0.6 is 11.6 Å². The summed E-state index contributed by atoms with van der Waals surface area (Å²) in [5, 5.41) is 9.60. The number of carboxylic acid groups (broad SMARTS) is 1. The largest absolute Gasteiger partial charge is 0.478 e. The van der Waals surface area contributed by atoms with Crippen molar-refractivity contribution in [1.82, 2.24) is 9.97 Å². The van der Waals surface area contributed by atoms with Gasteiger partial charge < -0.3 is 5.11 Å². The lowest BCUT2D eigenvalue weighted by molar-refractivity contribution is 0.0697. The Morgan fingerprint density at radius 3 is 2.18 bits per heavy atom. The smallest absolute Gasteiger partial charge is 0.335 e. The summed E-state index contributed by atoms with van der Waals surface area (Å²) in [6.45, 7) is 0. The molecule has 0 atom stereocenters. The highest BCUT2D eigenvalue weighted by atomic mass is 35.5. The molecule has 0 aliphatic rings. The lowest BCUT2D eigenvalue weighted by atomic mass is 10.00. The Hall–Kier alpha value is -2.72. The van der Waals surface area contributed by atoms with Crippen molar-refractivity contribution in [1.29, 1.82) is 0 Å². The van der Waals surface area contributed by atoms with Crippen LogP contribution < -0.4 is 0 Å². The molecule has 2 aromatic carbocycles. The van der Waals surface area contributed by atoms with Crippen molar-refractivity contribution >= 4 is 17.6 Å². The molecule has 0 aliphatic carbocycles. The van der Waals surface area contributed by atoms with Crippen LogP contribution in [0.2, 0.25) is 5.02 Å². The minimum atomic E-state index is -0.976. The first-order valence-electron chi connectivity index (χ1n) is 6.54. The van der Waals surface area contributed by atoms with E-state index in [0.717, 1.165) is 16.7 Å². The van der Waals surface area contributed by atoms with Gasteiger partial charge in [-0.25, -0.2) is 14.8 Å². The average molecular weight is 311 g/mol. The quantitative estimate of drug-likeness (QED) is 0.789. The zero-order valence-electron chi connectivity index (χ0n) is 11.4. The van der Waals surface area contributed by atoms with Gasteiger partial charge in [0.15, 0.2) is 0 Å². The zero-order valence-corrected chi connectivity index (χ0v) is 12.2. The minimum Gasteiger partial charge on any atom is -0.478 e. The van der Waals surface area contributed by atoms with Gasteiger partial charge in [-0.3, -0.25) is 0 Å². The average Bonchev–Trinajstić information content (AvgIpc) is 2.56. The lowest BCUT2D eigenvalue weighted by Crippen LogP contribution is -1.96. The maximum Gasteiger partial charge on any atom is 0.335 e. The molecule has 0 fully saturated rings. The monoisotopic (exact) mass is 310 g/mol. The standard InChI is InChI=1S/C17H11ClN2O2/c18-16-6-5-13(17(21)22)7-15(16)12-3-1-11(2-4-12)14-8-19-10-20-9-14/h1-10H,(H,21,22). The first-order chi connectivity index (χ1) is 10.6. The number of hydrogen-bond donors (Lipinski definition) is 1. The second kappa shape index (κ2) is 5.95. The summed E-state index contributed by atoms with van der Waals surface area (Å²) in [4.78, 5) is 19.1. The number of nitrogens with zero attached hydrogens (tertiary/aromatic N) is 2. The summed E-state index contributed by atoms with van der Waals surface area (Å²) in [5.41, 5.74) is 3.65. The van der Waals surface area contributed by atoms with Crippen LogP contribution in [-0.4, -0.2) is 21.0 Å². The van der Waals surface area contributed by atoms with Gasteiger partial charge in [-0.15, -0.1) is 0 Å². The normalized spacial score (nSPS) is 10.4. The Balaban J connectivity index is 2.00. The van der Waals surface area contributed by atoms with Crippen molar-refractivity contribution in [3.63, 3.8) is 0 Å². The molecule has 22 heavy (non-hydrogen) atoms. The molecule has 0 spiro atoms. The van der Waals surface area contributed by atoms with Crippen LogP contribution in [0.15, 0.2) is 61.2 Å². The van der Waals surface area contributed by atoms with Crippen LogP contribution in [0.4, 0.5) is 0 Å². The summed E-state index contributed by atoms with van der Waals surface area (Å²) in [6.07, 6.45) is 4.95. The molecule has 5 heteroatoms. The summed E-state index contributed by atoms with van der Waals surface area (Å²) in [5.74, 6) is -0.976. The van der Waals surface area contributed by atoms with E-state index in [2.05, 4.69) is 9.97 Å². The minimum absolute atomic E-state index is 0.208. The second-order valence-electron chi connectivity index (χ2n) is 4.70. The second-order valence-corrected chi connectivity index (χ2v) is 5.11. The molecule has 0 radical (unpaired) electrons. The molecule has 1 aromatic heterocycles. The van der Waals surface area contributed by atoms with Gasteiger partial charge in [-0.1, -0.05) is 35.9 Å². The van der Waals surface area contributed by atoms with Crippen LogP contribution in [0, 0.1) is 0 Å². The van der Waals surface area contributed by atoms with Gasteiger partial charge in [0.25, 0.3) is 0 Å². The fourth-order valence-electron chi connectivity index (χ4n) is 2.17. The van der Waals surface area contributed by atoms with Crippen molar-refractivity contribution in [2.45, 2.75) is 0 Å². The molecular formula is C17H11ClN2O2. The van der Waals surface area contributed by atoms with Crippen molar-refractivity contribution in [2.75, 3.05) is 0 Å². The van der Waals surface area contributed by atoms with E-state index in [1.807, 2.05) is 24.3 Å². The molecule has 0 bridgehead atoms. The Kier molecular flexibility index (Phi) is 3.85. The van der Waals surface area contributed by atoms with Gasteiger partial charge in [-0.05, 0) is 29.3 Å². The topological polar surface area (TPSA) is 63.1 Å². The van der Waals surface area contributed by atoms with E-state index in [0.29, 0.717) is 10.6 Å². The molecule has 3 aromatic rings. The van der Waals surface area contributed by atoms with E-state index in [9.17, 15) is 4.79 Å². The van der Waals surface area contributed by atoms with E-state index in [-0.39, 0.29) is 5.56 Å². The Labute approximate surface area is 132 Å². The molecule has 0 saturated heterocycles. The fraction of sp³-hybridized carbons (Fsp3) is 0. The van der Waals surface area contributed by atoms with E-state index in [4.69, 9.17) is 16.7 Å². The van der Waals surface area contributed by atoms with Crippen molar-refractivity contribution in [3.05, 3.63) is 71.8 Å². The van der Waals surface area contributed by atoms with Gasteiger partial charge in [-0.2, -0.15) is 0 Å². The van der Waals surface area contributed by atoms with E-state index in [1.54, 1.807) is 24.5 Å². The third kappa shape index (κ3) is 2.82. The summed E-state index contributed by atoms with van der Waals surface area (Å²) >= 11 is 6.18. The molecule has 1 N–H and O–H groups in total. The highest BCUT2D eigenvalue weighted by Crippen LogP contribution is 2.30. The number of halogens is 1. The van der Waals surface area contributed by atoms with Crippen molar-refractivity contribution in [3.8, 4) is 22.3 Å². The van der Waals surface area contributed by atoms with E-state index in [1.165, 1.54) is 12.4 Å². The van der Waals surface area contributed by atoms with Gasteiger partial charge in [0.05, 0.1) is 5.56 Å². The first-order valence-corrected chi connectivity index (χ1v) is 6.91. The van der Waals surface area contributed by atoms with E-state index < -0.39 is 5.97 Å². The van der Waals surface area contributed by atoms with E-state index >= 15 is 0 Å². The maximum absolute atomic E-state index is 11.1. The highest BCUT2D eigenvalue weighted by molar-refractivity contribution is 6.33. The third-order valence-electron chi connectivity index (χ3n) is 3.30. The molecule has 0 unspecified atom stereocenters. The Bertz CT molecular complexity index is 818. The first kappa shape index (κ1) is 14.2. The molecule has 0 aliphatic heterocycles. The number of aromatic carboxylic acids is 1. The number of aromatic nitrogens is 2. The number of benzene rings is 2. The Morgan fingerprint density at radius 1 is 0.909 bits per heavy atom. The summed E-state index contributed by atoms with van der Waals surface area (Å²) in [7, 11) is 0. The predicted octanol–water partition coefficient (Wildman–Crippen LogP) is 4.16. The molecule has 108 valence electrons. The third-order valence-corrected chi connectivity index (χ3v) is 3.63. The van der Waals surface area contributed by atoms with Gasteiger partial charge in [0.2, 0.25) is 0 Å². The highest BCUT2D eigenvalue weighted by Gasteiger charge is 2.09. The number of carbonyl (C=O) groups is 1. The molecule has 1 heterocycles. The van der Waals surface area contributed by atoms with Crippen LogP contribution in [0.1, 0.15) is 10.4 Å². The summed E-state index contributed by atoms with van der Waals surface area (Å²) in [6, 6.07) is 12.3. The number of hydrogen-bond acceptors (Lipinski definition) is 3. The molecule has 0 amide bonds. The Morgan fingerprint density at radius 2 is 1.55 bits per heavy atom. The summed E-state index contributed by atoms with van der Waals surface area (Å²) < 4.78 is 0. The van der Waals surface area contributed by atoms with Crippen LogP contribution in [0.25, 0.3) is 22.3 Å². The number of rotatable bonds is 3.